The molecule has 5 atom stereocenters. The third kappa shape index (κ3) is 8.11. The van der Waals surface area contributed by atoms with E-state index in [4.69, 9.17) is 0 Å². The van der Waals surface area contributed by atoms with Crippen LogP contribution in [0, 0.1) is 29.6 Å². The first-order chi connectivity index (χ1) is 15.6. The molecule has 1 aliphatic heterocycles. The molecule has 2 nitrogen and oxygen atoms in total. The average molecular weight is 571 g/mol. The minimum atomic E-state index is -2.16. The Morgan fingerprint density at radius 3 is 1.91 bits per heavy atom. The molecule has 0 spiro atoms. The summed E-state index contributed by atoms with van der Waals surface area (Å²) in [6.45, 7) is 22.0. The van der Waals surface area contributed by atoms with Crippen LogP contribution in [0.3, 0.4) is 0 Å². The summed E-state index contributed by atoms with van der Waals surface area (Å²) in [5.41, 5.74) is 0.121. The Morgan fingerprint density at radius 2 is 1.45 bits per heavy atom. The second-order valence-electron chi connectivity index (χ2n) is 13.3. The number of unbranched alkanes of at least 4 members (excludes halogenated alkanes) is 3. The molecule has 2 aliphatic rings. The van der Waals surface area contributed by atoms with Crippen LogP contribution in [0.2, 0.25) is 17.7 Å². The Kier molecular flexibility index (Phi) is 12.6. The molecule has 0 bridgehead atoms. The summed E-state index contributed by atoms with van der Waals surface area (Å²) < 4.78 is 6.59. The van der Waals surface area contributed by atoms with E-state index < -0.39 is 18.4 Å². The Hall–Kier alpha value is 0.719. The predicted octanol–water partition coefficient (Wildman–Crippen LogP) is 8.62. The van der Waals surface area contributed by atoms with Crippen molar-refractivity contribution in [1.29, 1.82) is 0 Å². The van der Waals surface area contributed by atoms with Gasteiger partial charge in [0.05, 0.1) is 0 Å². The molecule has 1 saturated carbocycles. The van der Waals surface area contributed by atoms with Gasteiger partial charge >= 0.3 is 214 Å². The Bertz CT molecular complexity index is 526. The molecule has 1 saturated heterocycles. The van der Waals surface area contributed by atoms with E-state index in [0.29, 0.717) is 11.8 Å². The van der Waals surface area contributed by atoms with Gasteiger partial charge in [-0.1, -0.05) is 0 Å². The van der Waals surface area contributed by atoms with E-state index in [0.717, 1.165) is 24.2 Å². The van der Waals surface area contributed by atoms with Crippen molar-refractivity contribution in [1.82, 2.24) is 4.90 Å². The monoisotopic (exact) mass is 571 g/mol. The van der Waals surface area contributed by atoms with Gasteiger partial charge < -0.3 is 0 Å². The normalized spacial score (nSPS) is 29.8. The van der Waals surface area contributed by atoms with E-state index in [1.54, 1.807) is 17.7 Å². The third-order valence-corrected chi connectivity index (χ3v) is 26.1. The zero-order valence-electron chi connectivity index (χ0n) is 24.0. The average Bonchev–Trinajstić information content (AvgIpc) is 3.19. The van der Waals surface area contributed by atoms with E-state index in [-0.39, 0.29) is 11.6 Å². The summed E-state index contributed by atoms with van der Waals surface area (Å²) in [5.74, 6) is 3.66. The summed E-state index contributed by atoms with van der Waals surface area (Å²) in [6, 6.07) is 0. The van der Waals surface area contributed by atoms with Gasteiger partial charge in [-0.25, -0.2) is 0 Å². The molecule has 2 fully saturated rings. The van der Waals surface area contributed by atoms with Gasteiger partial charge in [-0.05, 0) is 0 Å². The number of likely N-dealkylation sites (tertiary alicyclic amines) is 1. The number of hydrogen-bond acceptors (Lipinski definition) is 2. The maximum atomic E-state index is 11.0. The van der Waals surface area contributed by atoms with Gasteiger partial charge in [0.25, 0.3) is 0 Å². The molecule has 3 heteroatoms. The second-order valence-corrected chi connectivity index (χ2v) is 27.3. The van der Waals surface area contributed by atoms with E-state index >= 15 is 0 Å². The molecule has 0 aromatic heterocycles. The van der Waals surface area contributed by atoms with Gasteiger partial charge in [0, 0.05) is 0 Å². The van der Waals surface area contributed by atoms with Crippen LogP contribution in [0.15, 0.2) is 0 Å². The fourth-order valence-electron chi connectivity index (χ4n) is 7.64. The summed E-state index contributed by atoms with van der Waals surface area (Å²) in [7, 11) is 0. The predicted molar refractivity (Wildman–Crippen MR) is 150 cm³/mol. The van der Waals surface area contributed by atoms with Gasteiger partial charge in [-0.3, -0.25) is 0 Å². The number of hydrogen-bond donors (Lipinski definition) is 1. The summed E-state index contributed by atoms with van der Waals surface area (Å²) >= 11 is -2.16. The number of aliphatic hydroxyl groups excluding tert-OH is 1. The van der Waals surface area contributed by atoms with Gasteiger partial charge in [-0.15, -0.1) is 0 Å². The molecular weight excluding hydrogens is 509 g/mol. The van der Waals surface area contributed by atoms with Gasteiger partial charge in [0.1, 0.15) is 0 Å². The van der Waals surface area contributed by atoms with Crippen LogP contribution < -0.4 is 0 Å². The maximum absolute atomic E-state index is 11.0. The van der Waals surface area contributed by atoms with Crippen molar-refractivity contribution in [2.45, 2.75) is 143 Å². The zero-order chi connectivity index (χ0) is 24.6. The van der Waals surface area contributed by atoms with Crippen molar-refractivity contribution in [3.8, 4) is 0 Å². The fraction of sp³-hybridized carbons (Fsp3) is 1.00. The van der Waals surface area contributed by atoms with Gasteiger partial charge in [0.15, 0.2) is 0 Å². The Labute approximate surface area is 212 Å². The Balaban J connectivity index is 2.23. The minimum absolute atomic E-state index is 0.114. The van der Waals surface area contributed by atoms with E-state index in [9.17, 15) is 5.11 Å². The van der Waals surface area contributed by atoms with Gasteiger partial charge in [-0.2, -0.15) is 0 Å². The molecular formula is C30H61NOSn. The Morgan fingerprint density at radius 1 is 0.909 bits per heavy atom. The molecule has 0 aromatic rings. The van der Waals surface area contributed by atoms with Crippen LogP contribution in [0.4, 0.5) is 0 Å². The molecule has 0 unspecified atom stereocenters. The van der Waals surface area contributed by atoms with Crippen LogP contribution in [0.5, 0.6) is 0 Å². The SMILES string of the molecule is CCC[CH2][Sn]([CH2]CCC)([CH2]CCC)[CH2][C@H]1CN(C(C)(C)[C@@H]2CC[C@@H](C)C[C@H]2O)C[C@@H]1C(C)C. The molecule has 196 valence electrons. The van der Waals surface area contributed by atoms with Crippen LogP contribution >= 0.6 is 0 Å². The van der Waals surface area contributed by atoms with E-state index in [1.807, 2.05) is 0 Å². The first-order valence-corrected chi connectivity index (χ1v) is 23.1. The standard InChI is InChI=1S/C18H34NO.3C4H9.Sn/c1-12(2)15-11-19(10-14(15)4)18(5,6)16-8-7-13(3)9-17(16)20;3*1-3-4-2;/h12-17,20H,4,7-11H2,1-3,5-6H3;3*1,3-4H2,2H3;/t13-,14+,15-,16-,17-;;;;/m1..../s1. The number of rotatable bonds is 14. The van der Waals surface area contributed by atoms with Crippen molar-refractivity contribution < 1.29 is 5.11 Å². The molecule has 0 amide bonds. The van der Waals surface area contributed by atoms with Crippen molar-refractivity contribution in [2.75, 3.05) is 13.1 Å². The van der Waals surface area contributed by atoms with Crippen LogP contribution in [-0.2, 0) is 0 Å². The van der Waals surface area contributed by atoms with Gasteiger partial charge in [0.2, 0.25) is 0 Å². The molecule has 0 radical (unpaired) electrons. The summed E-state index contributed by atoms with van der Waals surface area (Å²) in [6.07, 6.45) is 12.0. The van der Waals surface area contributed by atoms with Crippen LogP contribution in [-0.4, -0.2) is 53.1 Å². The first-order valence-electron chi connectivity index (χ1n) is 15.0. The third-order valence-electron chi connectivity index (χ3n) is 10.0. The van der Waals surface area contributed by atoms with Crippen LogP contribution in [0.25, 0.3) is 0 Å². The quantitative estimate of drug-likeness (QED) is 0.212. The number of aliphatic hydroxyl groups is 1. The first kappa shape index (κ1) is 29.9. The molecule has 0 aromatic carbocycles. The summed E-state index contributed by atoms with van der Waals surface area (Å²) in [4.78, 5) is 2.86. The van der Waals surface area contributed by atoms with E-state index in [1.165, 1.54) is 64.5 Å². The van der Waals surface area contributed by atoms with Crippen molar-refractivity contribution in [3.63, 3.8) is 0 Å². The molecule has 1 aliphatic carbocycles. The van der Waals surface area contributed by atoms with Crippen molar-refractivity contribution in [2.24, 2.45) is 29.6 Å². The van der Waals surface area contributed by atoms with E-state index in [2.05, 4.69) is 60.3 Å². The van der Waals surface area contributed by atoms with Crippen molar-refractivity contribution in [3.05, 3.63) is 0 Å². The molecule has 1 heterocycles. The number of nitrogens with zero attached hydrogens (tertiary/aromatic N) is 1. The summed E-state index contributed by atoms with van der Waals surface area (Å²) in [5, 5.41) is 11.0. The topological polar surface area (TPSA) is 23.5 Å². The second kappa shape index (κ2) is 13.9. The zero-order valence-corrected chi connectivity index (χ0v) is 26.8. The fourth-order valence-corrected chi connectivity index (χ4v) is 25.4. The molecule has 2 rings (SSSR count). The molecule has 1 N–H and O–H groups in total. The van der Waals surface area contributed by atoms with Crippen LogP contribution in [0.1, 0.15) is 113 Å². The van der Waals surface area contributed by atoms with Crippen molar-refractivity contribution >= 4 is 18.4 Å². The molecule has 33 heavy (non-hydrogen) atoms.